The molecule has 190 valence electrons. The minimum Gasteiger partial charge on any atom is -0.491 e. The molecule has 1 atom stereocenters. The van der Waals surface area contributed by atoms with Crippen molar-refractivity contribution < 1.29 is 14.6 Å². The lowest BCUT2D eigenvalue weighted by atomic mass is 10.0. The summed E-state index contributed by atoms with van der Waals surface area (Å²) in [6.07, 6.45) is 4.68. The molecule has 1 unspecified atom stereocenters. The van der Waals surface area contributed by atoms with Gasteiger partial charge in [0.05, 0.1) is 5.69 Å². The van der Waals surface area contributed by atoms with Gasteiger partial charge in [0, 0.05) is 69.2 Å². The van der Waals surface area contributed by atoms with Crippen molar-refractivity contribution in [2.45, 2.75) is 31.9 Å². The highest BCUT2D eigenvalue weighted by atomic mass is 16.5. The number of pyridine rings is 1. The molecular formula is C27H34N6O3. The second-order valence-corrected chi connectivity index (χ2v) is 9.07. The van der Waals surface area contributed by atoms with E-state index in [1.165, 1.54) is 0 Å². The highest BCUT2D eigenvalue weighted by Gasteiger charge is 2.25. The van der Waals surface area contributed by atoms with E-state index in [2.05, 4.69) is 22.2 Å². The molecule has 2 aromatic heterocycles. The number of nitrogens with one attached hydrogen (secondary N) is 1. The summed E-state index contributed by atoms with van der Waals surface area (Å²) < 4.78 is 5.80. The summed E-state index contributed by atoms with van der Waals surface area (Å²) in [5, 5.41) is 12.9. The molecule has 2 N–H and O–H groups in total. The molecule has 1 aliphatic heterocycles. The number of benzene rings is 1. The number of piperidine rings is 1. The number of aliphatic hydroxyl groups excluding tert-OH is 1. The van der Waals surface area contributed by atoms with Gasteiger partial charge in [-0.15, -0.1) is 0 Å². The zero-order chi connectivity index (χ0) is 25.5. The molecule has 1 fully saturated rings. The number of rotatable bonds is 9. The van der Waals surface area contributed by atoms with Gasteiger partial charge >= 0.3 is 0 Å². The molecular weight excluding hydrogens is 456 g/mol. The standard InChI is InChI=1S/C27H34N6O3/c1-19(34)33-13-9-22(10-14-33)32(3)26-16-25(20-7-11-29-12-8-20)30-27(31-26)21-5-4-6-24(15-21)36-18-23(35)17-28-2/h4-8,11-12,15-16,22-23,28,35H,9-10,13-14,17-18H2,1-3H3. The highest BCUT2D eigenvalue weighted by Crippen LogP contribution is 2.29. The molecule has 9 nitrogen and oxygen atoms in total. The van der Waals surface area contributed by atoms with Crippen LogP contribution < -0.4 is 15.0 Å². The monoisotopic (exact) mass is 490 g/mol. The molecule has 0 saturated carbocycles. The zero-order valence-electron chi connectivity index (χ0n) is 21.1. The van der Waals surface area contributed by atoms with Crippen molar-refractivity contribution in [1.29, 1.82) is 0 Å². The summed E-state index contributed by atoms with van der Waals surface area (Å²) in [6.45, 7) is 3.77. The number of likely N-dealkylation sites (N-methyl/N-ethyl adjacent to an activating group) is 1. The fraction of sp³-hybridized carbons (Fsp3) is 0.407. The maximum absolute atomic E-state index is 11.8. The average Bonchev–Trinajstić information content (AvgIpc) is 2.92. The van der Waals surface area contributed by atoms with Gasteiger partial charge in [-0.3, -0.25) is 9.78 Å². The average molecular weight is 491 g/mol. The number of amides is 1. The molecule has 0 aliphatic carbocycles. The quantitative estimate of drug-likeness (QED) is 0.472. The Morgan fingerprint density at radius 1 is 1.17 bits per heavy atom. The number of hydrogen-bond acceptors (Lipinski definition) is 8. The molecule has 1 aromatic carbocycles. The van der Waals surface area contributed by atoms with E-state index in [0.717, 1.165) is 48.6 Å². The molecule has 0 spiro atoms. The Morgan fingerprint density at radius 2 is 1.92 bits per heavy atom. The molecule has 1 amide bonds. The van der Waals surface area contributed by atoms with E-state index < -0.39 is 6.10 Å². The minimum absolute atomic E-state index is 0.126. The predicted octanol–water partition coefficient (Wildman–Crippen LogP) is 2.61. The first-order valence-electron chi connectivity index (χ1n) is 12.3. The van der Waals surface area contributed by atoms with Crippen molar-refractivity contribution in [1.82, 2.24) is 25.2 Å². The van der Waals surface area contributed by atoms with Crippen molar-refractivity contribution >= 4 is 11.7 Å². The van der Waals surface area contributed by atoms with Crippen LogP contribution in [0.25, 0.3) is 22.6 Å². The Morgan fingerprint density at radius 3 is 2.61 bits per heavy atom. The molecule has 4 rings (SSSR count). The topological polar surface area (TPSA) is 104 Å². The second-order valence-electron chi connectivity index (χ2n) is 9.07. The third kappa shape index (κ3) is 6.35. The van der Waals surface area contributed by atoms with Crippen molar-refractivity contribution in [2.24, 2.45) is 0 Å². The smallest absolute Gasteiger partial charge is 0.219 e. The van der Waals surface area contributed by atoms with Crippen LogP contribution in [0.4, 0.5) is 5.82 Å². The second kappa shape index (κ2) is 11.9. The van der Waals surface area contributed by atoms with Crippen LogP contribution in [0, 0.1) is 0 Å². The van der Waals surface area contributed by atoms with Crippen molar-refractivity contribution in [2.75, 3.05) is 45.2 Å². The van der Waals surface area contributed by atoms with Gasteiger partial charge in [0.15, 0.2) is 5.82 Å². The predicted molar refractivity (Wildman–Crippen MR) is 140 cm³/mol. The number of likely N-dealkylation sites (tertiary alicyclic amines) is 1. The first-order valence-corrected chi connectivity index (χ1v) is 12.3. The molecule has 36 heavy (non-hydrogen) atoms. The fourth-order valence-electron chi connectivity index (χ4n) is 4.38. The van der Waals surface area contributed by atoms with Crippen LogP contribution in [0.2, 0.25) is 0 Å². The van der Waals surface area contributed by atoms with E-state index in [1.807, 2.05) is 47.4 Å². The largest absolute Gasteiger partial charge is 0.491 e. The van der Waals surface area contributed by atoms with Crippen LogP contribution in [0.3, 0.4) is 0 Å². The van der Waals surface area contributed by atoms with E-state index in [4.69, 9.17) is 14.7 Å². The number of carbonyl (C=O) groups excluding carboxylic acids is 1. The van der Waals surface area contributed by atoms with Crippen LogP contribution in [-0.2, 0) is 4.79 Å². The molecule has 0 radical (unpaired) electrons. The Balaban J connectivity index is 1.63. The van der Waals surface area contributed by atoms with Gasteiger partial charge in [-0.2, -0.15) is 0 Å². The first-order chi connectivity index (χ1) is 17.4. The van der Waals surface area contributed by atoms with Gasteiger partial charge in [-0.25, -0.2) is 9.97 Å². The van der Waals surface area contributed by atoms with Crippen molar-refractivity contribution in [3.63, 3.8) is 0 Å². The normalized spacial score (nSPS) is 14.9. The maximum Gasteiger partial charge on any atom is 0.219 e. The number of carbonyl (C=O) groups is 1. The van der Waals surface area contributed by atoms with Gasteiger partial charge in [-0.1, -0.05) is 12.1 Å². The summed E-state index contributed by atoms with van der Waals surface area (Å²) in [4.78, 5) is 29.8. The van der Waals surface area contributed by atoms with E-state index >= 15 is 0 Å². The third-order valence-corrected chi connectivity index (χ3v) is 6.48. The van der Waals surface area contributed by atoms with Gasteiger partial charge in [0.2, 0.25) is 5.91 Å². The Kier molecular flexibility index (Phi) is 8.45. The van der Waals surface area contributed by atoms with Crippen LogP contribution in [0.15, 0.2) is 54.9 Å². The number of ether oxygens (including phenoxy) is 1. The van der Waals surface area contributed by atoms with Gasteiger partial charge in [-0.05, 0) is 44.2 Å². The molecule has 0 bridgehead atoms. The van der Waals surface area contributed by atoms with Gasteiger partial charge in [0.1, 0.15) is 24.3 Å². The Hall–Kier alpha value is -3.56. The van der Waals surface area contributed by atoms with Gasteiger partial charge < -0.3 is 25.0 Å². The summed E-state index contributed by atoms with van der Waals surface area (Å²) in [7, 11) is 3.84. The van der Waals surface area contributed by atoms with Crippen LogP contribution in [0.1, 0.15) is 19.8 Å². The molecule has 1 saturated heterocycles. The molecule has 3 heterocycles. The summed E-state index contributed by atoms with van der Waals surface area (Å²) in [5.41, 5.74) is 2.59. The van der Waals surface area contributed by atoms with E-state index in [9.17, 15) is 9.90 Å². The SMILES string of the molecule is CNCC(O)COc1cccc(-c2nc(-c3ccncc3)cc(N(C)C3CCN(C(C)=O)CC3)n2)c1. The van der Waals surface area contributed by atoms with Crippen molar-refractivity contribution in [3.05, 3.63) is 54.9 Å². The number of anilines is 1. The highest BCUT2D eigenvalue weighted by molar-refractivity contribution is 5.73. The summed E-state index contributed by atoms with van der Waals surface area (Å²) in [6, 6.07) is 13.8. The number of nitrogens with zero attached hydrogens (tertiary/aromatic N) is 5. The third-order valence-electron chi connectivity index (χ3n) is 6.48. The minimum atomic E-state index is -0.598. The number of aromatic nitrogens is 3. The Bertz CT molecular complexity index is 1150. The molecule has 3 aromatic rings. The van der Waals surface area contributed by atoms with Crippen LogP contribution in [-0.4, -0.2) is 83.3 Å². The maximum atomic E-state index is 11.8. The lowest BCUT2D eigenvalue weighted by molar-refractivity contribution is -0.129. The van der Waals surface area contributed by atoms with Crippen molar-refractivity contribution in [3.8, 4) is 28.4 Å². The van der Waals surface area contributed by atoms with E-state index in [1.54, 1.807) is 26.4 Å². The van der Waals surface area contributed by atoms with Crippen LogP contribution >= 0.6 is 0 Å². The summed E-state index contributed by atoms with van der Waals surface area (Å²) >= 11 is 0. The zero-order valence-corrected chi connectivity index (χ0v) is 21.1. The lowest BCUT2D eigenvalue weighted by Crippen LogP contribution is -2.45. The molecule has 9 heteroatoms. The number of aliphatic hydroxyl groups is 1. The first kappa shape index (κ1) is 25.5. The van der Waals surface area contributed by atoms with E-state index in [0.29, 0.717) is 18.1 Å². The Labute approximate surface area is 212 Å². The van der Waals surface area contributed by atoms with Gasteiger partial charge in [0.25, 0.3) is 0 Å². The number of hydrogen-bond donors (Lipinski definition) is 2. The molecule has 1 aliphatic rings. The van der Waals surface area contributed by atoms with Crippen LogP contribution in [0.5, 0.6) is 5.75 Å². The summed E-state index contributed by atoms with van der Waals surface area (Å²) in [5.74, 6) is 2.19. The van der Waals surface area contributed by atoms with E-state index in [-0.39, 0.29) is 18.6 Å². The lowest BCUT2D eigenvalue weighted by Gasteiger charge is -2.37. The fourth-order valence-corrected chi connectivity index (χ4v) is 4.38.